The van der Waals surface area contributed by atoms with Crippen molar-refractivity contribution in [3.8, 4) is 0 Å². The fraction of sp³-hybridized carbons (Fsp3) is 0.500. The first-order chi connectivity index (χ1) is 15.9. The molecular formula is C26H32ClN3O3. The molecule has 4 rings (SSSR count). The second kappa shape index (κ2) is 10.7. The number of aldehydes is 1. The summed E-state index contributed by atoms with van der Waals surface area (Å²) in [6.07, 6.45) is 5.06. The molecule has 1 amide bonds. The summed E-state index contributed by atoms with van der Waals surface area (Å²) in [4.78, 5) is 32.2. The van der Waals surface area contributed by atoms with Crippen LogP contribution < -0.4 is 4.90 Å². The van der Waals surface area contributed by atoms with Gasteiger partial charge in [0.1, 0.15) is 11.0 Å². The van der Waals surface area contributed by atoms with E-state index in [0.29, 0.717) is 23.0 Å². The molecule has 1 aromatic heterocycles. The topological polar surface area (TPSA) is 73.7 Å². The number of amides is 1. The van der Waals surface area contributed by atoms with Crippen molar-refractivity contribution in [2.24, 2.45) is 11.8 Å². The minimum Gasteiger partial charge on any atom is -0.378 e. The Morgan fingerprint density at radius 1 is 1.12 bits per heavy atom. The summed E-state index contributed by atoms with van der Waals surface area (Å²) in [6.45, 7) is 5.28. The lowest BCUT2D eigenvalue weighted by molar-refractivity contribution is -0.142. The van der Waals surface area contributed by atoms with Crippen molar-refractivity contribution in [1.29, 1.82) is 0 Å². The van der Waals surface area contributed by atoms with Gasteiger partial charge in [-0.05, 0) is 68.6 Å². The summed E-state index contributed by atoms with van der Waals surface area (Å²) in [5, 5.41) is 10.8. The molecule has 1 atom stereocenters. The van der Waals surface area contributed by atoms with Crippen LogP contribution in [0.15, 0.2) is 36.4 Å². The third-order valence-corrected chi connectivity index (χ3v) is 7.42. The monoisotopic (exact) mass is 469 g/mol. The van der Waals surface area contributed by atoms with Crippen molar-refractivity contribution in [2.75, 3.05) is 31.1 Å². The number of aliphatic hydroxyl groups is 1. The molecule has 33 heavy (non-hydrogen) atoms. The molecular weight excluding hydrogens is 438 g/mol. The van der Waals surface area contributed by atoms with Gasteiger partial charge in [0.2, 0.25) is 0 Å². The number of halogens is 1. The molecule has 2 aromatic rings. The zero-order valence-corrected chi connectivity index (χ0v) is 19.9. The Labute approximate surface area is 200 Å². The van der Waals surface area contributed by atoms with Crippen molar-refractivity contribution in [3.05, 3.63) is 58.2 Å². The van der Waals surface area contributed by atoms with Gasteiger partial charge < -0.3 is 14.9 Å². The number of rotatable bonds is 6. The lowest BCUT2D eigenvalue weighted by Gasteiger charge is -2.37. The van der Waals surface area contributed by atoms with Crippen molar-refractivity contribution >= 4 is 29.6 Å². The molecule has 1 unspecified atom stereocenters. The van der Waals surface area contributed by atoms with Crippen LogP contribution in [0.3, 0.4) is 0 Å². The SMILES string of the molecule is Cc1cccc(C(O)C(=O)N2CCC(CC3CCN(c4ccc(C=O)c(Cl)n4)CC3)CC2)c1. The number of aliphatic hydroxyl groups excluding tert-OH is 1. The molecule has 1 aromatic carbocycles. The smallest absolute Gasteiger partial charge is 0.256 e. The minimum absolute atomic E-state index is 0.181. The first kappa shape index (κ1) is 23.7. The molecule has 7 heteroatoms. The maximum absolute atomic E-state index is 12.8. The number of likely N-dealkylation sites (tertiary alicyclic amines) is 1. The van der Waals surface area contributed by atoms with Crippen LogP contribution in [-0.2, 0) is 4.79 Å². The number of hydrogen-bond donors (Lipinski definition) is 1. The van der Waals surface area contributed by atoms with E-state index in [1.54, 1.807) is 6.07 Å². The van der Waals surface area contributed by atoms with Gasteiger partial charge >= 0.3 is 0 Å². The van der Waals surface area contributed by atoms with Gasteiger partial charge in [0.25, 0.3) is 5.91 Å². The van der Waals surface area contributed by atoms with Gasteiger partial charge in [-0.25, -0.2) is 4.98 Å². The van der Waals surface area contributed by atoms with Gasteiger partial charge in [-0.15, -0.1) is 0 Å². The van der Waals surface area contributed by atoms with E-state index < -0.39 is 6.10 Å². The summed E-state index contributed by atoms with van der Waals surface area (Å²) in [7, 11) is 0. The minimum atomic E-state index is -1.08. The lowest BCUT2D eigenvalue weighted by atomic mass is 9.82. The van der Waals surface area contributed by atoms with Gasteiger partial charge in [0, 0.05) is 26.2 Å². The molecule has 1 N–H and O–H groups in total. The number of pyridine rings is 1. The number of anilines is 1. The predicted molar refractivity (Wildman–Crippen MR) is 130 cm³/mol. The average Bonchev–Trinajstić information content (AvgIpc) is 2.84. The van der Waals surface area contributed by atoms with Crippen molar-refractivity contribution in [2.45, 2.75) is 45.1 Å². The normalized spacial score (nSPS) is 18.9. The lowest BCUT2D eigenvalue weighted by Crippen LogP contribution is -2.42. The third-order valence-electron chi connectivity index (χ3n) is 7.11. The van der Waals surface area contributed by atoms with Crippen LogP contribution in [0.1, 0.15) is 59.7 Å². The van der Waals surface area contributed by atoms with Crippen LogP contribution in [0.5, 0.6) is 0 Å². The second-order valence-electron chi connectivity index (χ2n) is 9.42. The number of aromatic nitrogens is 1. The average molecular weight is 470 g/mol. The maximum atomic E-state index is 12.8. The Hall–Kier alpha value is -2.44. The molecule has 2 aliphatic heterocycles. The Morgan fingerprint density at radius 3 is 2.39 bits per heavy atom. The molecule has 2 fully saturated rings. The Morgan fingerprint density at radius 2 is 1.79 bits per heavy atom. The van der Waals surface area contributed by atoms with E-state index in [1.165, 1.54) is 6.42 Å². The summed E-state index contributed by atoms with van der Waals surface area (Å²) in [5.74, 6) is 1.96. The highest BCUT2D eigenvalue weighted by Crippen LogP contribution is 2.32. The van der Waals surface area contributed by atoms with Crippen LogP contribution in [0.25, 0.3) is 0 Å². The van der Waals surface area contributed by atoms with Crippen molar-refractivity contribution < 1.29 is 14.7 Å². The maximum Gasteiger partial charge on any atom is 0.256 e. The molecule has 0 spiro atoms. The van der Waals surface area contributed by atoms with Gasteiger partial charge in [-0.2, -0.15) is 0 Å². The van der Waals surface area contributed by atoms with Crippen LogP contribution in [0.2, 0.25) is 5.15 Å². The fourth-order valence-corrected chi connectivity index (χ4v) is 5.31. The summed E-state index contributed by atoms with van der Waals surface area (Å²) >= 11 is 6.09. The summed E-state index contributed by atoms with van der Waals surface area (Å²) in [5.41, 5.74) is 2.14. The number of carbonyl (C=O) groups is 2. The molecule has 176 valence electrons. The van der Waals surface area contributed by atoms with E-state index in [9.17, 15) is 14.7 Å². The van der Waals surface area contributed by atoms with Crippen LogP contribution in [0.4, 0.5) is 5.82 Å². The predicted octanol–water partition coefficient (Wildman–Crippen LogP) is 4.43. The van der Waals surface area contributed by atoms with Crippen LogP contribution in [-0.4, -0.2) is 53.4 Å². The molecule has 0 saturated carbocycles. The first-order valence-electron chi connectivity index (χ1n) is 11.8. The molecule has 0 aliphatic carbocycles. The third kappa shape index (κ3) is 5.74. The quantitative estimate of drug-likeness (QED) is 0.500. The fourth-order valence-electron chi connectivity index (χ4n) is 5.11. The molecule has 2 saturated heterocycles. The Bertz CT molecular complexity index is 982. The summed E-state index contributed by atoms with van der Waals surface area (Å²) < 4.78 is 0. The highest BCUT2D eigenvalue weighted by Gasteiger charge is 2.30. The van der Waals surface area contributed by atoms with E-state index in [-0.39, 0.29) is 11.1 Å². The highest BCUT2D eigenvalue weighted by molar-refractivity contribution is 6.31. The number of aryl methyl sites for hydroxylation is 1. The Kier molecular flexibility index (Phi) is 7.66. The van der Waals surface area contributed by atoms with Gasteiger partial charge in [-0.3, -0.25) is 9.59 Å². The number of hydrogen-bond acceptors (Lipinski definition) is 5. The number of benzene rings is 1. The van der Waals surface area contributed by atoms with E-state index in [0.717, 1.165) is 69.5 Å². The zero-order chi connectivity index (χ0) is 23.4. The van der Waals surface area contributed by atoms with Crippen molar-refractivity contribution in [1.82, 2.24) is 9.88 Å². The summed E-state index contributed by atoms with van der Waals surface area (Å²) in [6, 6.07) is 11.1. The zero-order valence-electron chi connectivity index (χ0n) is 19.1. The van der Waals surface area contributed by atoms with E-state index in [2.05, 4.69) is 9.88 Å². The van der Waals surface area contributed by atoms with Gasteiger partial charge in [0.15, 0.2) is 12.4 Å². The number of nitrogens with zero attached hydrogens (tertiary/aromatic N) is 3. The second-order valence-corrected chi connectivity index (χ2v) is 9.78. The van der Waals surface area contributed by atoms with Crippen LogP contribution >= 0.6 is 11.6 Å². The van der Waals surface area contributed by atoms with E-state index in [1.807, 2.05) is 42.2 Å². The van der Waals surface area contributed by atoms with Crippen molar-refractivity contribution in [3.63, 3.8) is 0 Å². The molecule has 0 bridgehead atoms. The highest BCUT2D eigenvalue weighted by atomic mass is 35.5. The van der Waals surface area contributed by atoms with Crippen LogP contribution in [0, 0.1) is 18.8 Å². The van der Waals surface area contributed by atoms with Gasteiger partial charge in [0.05, 0.1) is 5.56 Å². The molecule has 6 nitrogen and oxygen atoms in total. The largest absolute Gasteiger partial charge is 0.378 e. The molecule has 3 heterocycles. The standard InChI is InChI=1S/C26H32ClN3O3/c1-18-3-2-4-21(15-18)24(32)26(33)30-13-9-20(10-14-30)16-19-7-11-29(12-8-19)23-6-5-22(17-31)25(27)28-23/h2-6,15,17,19-20,24,32H,7-14,16H2,1H3. The number of piperidine rings is 2. The first-order valence-corrected chi connectivity index (χ1v) is 12.2. The van der Waals surface area contributed by atoms with E-state index in [4.69, 9.17) is 11.6 Å². The van der Waals surface area contributed by atoms with E-state index >= 15 is 0 Å². The van der Waals surface area contributed by atoms with Gasteiger partial charge in [-0.1, -0.05) is 41.4 Å². The molecule has 0 radical (unpaired) electrons. The number of carbonyl (C=O) groups excluding carboxylic acids is 2. The Balaban J connectivity index is 1.22. The molecule has 2 aliphatic rings.